The third-order valence-corrected chi connectivity index (χ3v) is 2.80. The van der Waals surface area contributed by atoms with E-state index in [-0.39, 0.29) is 12.1 Å². The second kappa shape index (κ2) is 5.37. The predicted molar refractivity (Wildman–Crippen MR) is 70.6 cm³/mol. The zero-order chi connectivity index (χ0) is 13.1. The summed E-state index contributed by atoms with van der Waals surface area (Å²) in [6.45, 7) is 7.80. The monoisotopic (exact) mass is 251 g/mol. The molecule has 0 bridgehead atoms. The van der Waals surface area contributed by atoms with Crippen LogP contribution in [0, 0.1) is 5.92 Å². The molecule has 1 aliphatic rings. The minimum absolute atomic E-state index is 0.0261. The number of aromatic nitrogens is 3. The molecule has 6 heteroatoms. The van der Waals surface area contributed by atoms with Crippen molar-refractivity contribution in [2.24, 2.45) is 5.92 Å². The molecule has 1 aromatic heterocycles. The van der Waals surface area contributed by atoms with Gasteiger partial charge < -0.3 is 15.4 Å². The van der Waals surface area contributed by atoms with Gasteiger partial charge >= 0.3 is 6.01 Å². The number of hydrogen-bond donors (Lipinski definition) is 1. The summed E-state index contributed by atoms with van der Waals surface area (Å²) >= 11 is 0. The summed E-state index contributed by atoms with van der Waals surface area (Å²) < 4.78 is 5.48. The van der Waals surface area contributed by atoms with Crippen molar-refractivity contribution in [2.75, 3.05) is 23.7 Å². The Kier molecular flexibility index (Phi) is 3.84. The first-order chi connectivity index (χ1) is 8.58. The summed E-state index contributed by atoms with van der Waals surface area (Å²) in [7, 11) is 0. The summed E-state index contributed by atoms with van der Waals surface area (Å²) in [4.78, 5) is 14.6. The number of nitrogen functional groups attached to an aromatic ring is 1. The van der Waals surface area contributed by atoms with Crippen LogP contribution in [0.1, 0.15) is 33.6 Å². The molecule has 2 N–H and O–H groups in total. The van der Waals surface area contributed by atoms with Gasteiger partial charge in [0.25, 0.3) is 0 Å². The van der Waals surface area contributed by atoms with Crippen molar-refractivity contribution >= 4 is 11.9 Å². The molecule has 0 unspecified atom stereocenters. The van der Waals surface area contributed by atoms with E-state index in [1.165, 1.54) is 12.8 Å². The highest BCUT2D eigenvalue weighted by molar-refractivity contribution is 5.36. The van der Waals surface area contributed by atoms with Crippen molar-refractivity contribution in [3.8, 4) is 6.01 Å². The van der Waals surface area contributed by atoms with E-state index in [4.69, 9.17) is 10.5 Å². The Balaban J connectivity index is 2.16. The SMILES string of the molecule is CCN(CC1CC1)c1nc(N)nc(OC(C)C)n1. The maximum absolute atomic E-state index is 5.71. The molecule has 0 aliphatic heterocycles. The molecule has 0 spiro atoms. The van der Waals surface area contributed by atoms with E-state index >= 15 is 0 Å². The summed E-state index contributed by atoms with van der Waals surface area (Å²) in [6, 6.07) is 0.307. The van der Waals surface area contributed by atoms with Crippen LogP contribution in [-0.2, 0) is 0 Å². The molecule has 18 heavy (non-hydrogen) atoms. The van der Waals surface area contributed by atoms with Crippen LogP contribution < -0.4 is 15.4 Å². The Morgan fingerprint density at radius 1 is 1.33 bits per heavy atom. The van der Waals surface area contributed by atoms with Gasteiger partial charge in [-0.15, -0.1) is 0 Å². The van der Waals surface area contributed by atoms with Gasteiger partial charge in [-0.25, -0.2) is 0 Å². The van der Waals surface area contributed by atoms with Crippen LogP contribution in [0.25, 0.3) is 0 Å². The van der Waals surface area contributed by atoms with Gasteiger partial charge in [-0.3, -0.25) is 0 Å². The van der Waals surface area contributed by atoms with E-state index in [9.17, 15) is 0 Å². The highest BCUT2D eigenvalue weighted by Gasteiger charge is 2.25. The lowest BCUT2D eigenvalue weighted by molar-refractivity contribution is 0.222. The number of nitrogens with two attached hydrogens (primary N) is 1. The molecule has 1 aliphatic carbocycles. The summed E-state index contributed by atoms with van der Waals surface area (Å²) in [5, 5.41) is 0. The lowest BCUT2D eigenvalue weighted by Gasteiger charge is -2.21. The van der Waals surface area contributed by atoms with Crippen LogP contribution in [0.2, 0.25) is 0 Å². The van der Waals surface area contributed by atoms with Crippen LogP contribution in [0.4, 0.5) is 11.9 Å². The van der Waals surface area contributed by atoms with Gasteiger partial charge in [0.2, 0.25) is 11.9 Å². The summed E-state index contributed by atoms with van der Waals surface area (Å²) in [5.41, 5.74) is 5.71. The van der Waals surface area contributed by atoms with Crippen molar-refractivity contribution in [3.63, 3.8) is 0 Å². The van der Waals surface area contributed by atoms with Crippen LogP contribution in [0.5, 0.6) is 6.01 Å². The van der Waals surface area contributed by atoms with Crippen molar-refractivity contribution < 1.29 is 4.74 Å². The summed E-state index contributed by atoms with van der Waals surface area (Å²) in [5.74, 6) is 1.61. The molecule has 1 saturated carbocycles. The fraction of sp³-hybridized carbons (Fsp3) is 0.750. The van der Waals surface area contributed by atoms with Crippen LogP contribution in [-0.4, -0.2) is 34.1 Å². The maximum Gasteiger partial charge on any atom is 0.323 e. The Labute approximate surface area is 108 Å². The molecule has 0 amide bonds. The zero-order valence-electron chi connectivity index (χ0n) is 11.3. The van der Waals surface area contributed by atoms with Crippen molar-refractivity contribution in [1.82, 2.24) is 15.0 Å². The molecule has 0 saturated heterocycles. The van der Waals surface area contributed by atoms with E-state index in [1.54, 1.807) is 0 Å². The Morgan fingerprint density at radius 2 is 2.06 bits per heavy atom. The maximum atomic E-state index is 5.71. The lowest BCUT2D eigenvalue weighted by Crippen LogP contribution is -2.28. The molecular weight excluding hydrogens is 230 g/mol. The third-order valence-electron chi connectivity index (χ3n) is 2.80. The molecule has 0 radical (unpaired) electrons. The molecular formula is C12H21N5O. The van der Waals surface area contributed by atoms with Gasteiger partial charge in [0.15, 0.2) is 0 Å². The van der Waals surface area contributed by atoms with Crippen molar-refractivity contribution in [3.05, 3.63) is 0 Å². The van der Waals surface area contributed by atoms with E-state index < -0.39 is 0 Å². The number of anilines is 2. The van der Waals surface area contributed by atoms with Crippen LogP contribution in [0.3, 0.4) is 0 Å². The first-order valence-electron chi connectivity index (χ1n) is 6.51. The van der Waals surface area contributed by atoms with E-state index in [1.807, 2.05) is 13.8 Å². The highest BCUT2D eigenvalue weighted by Crippen LogP contribution is 2.30. The Morgan fingerprint density at radius 3 is 2.61 bits per heavy atom. The molecule has 1 heterocycles. The van der Waals surface area contributed by atoms with Crippen molar-refractivity contribution in [2.45, 2.75) is 39.7 Å². The lowest BCUT2D eigenvalue weighted by atomic mass is 10.4. The molecule has 1 aromatic rings. The summed E-state index contributed by atoms with van der Waals surface area (Å²) in [6.07, 6.45) is 2.62. The molecule has 2 rings (SSSR count). The van der Waals surface area contributed by atoms with Gasteiger partial charge in [-0.1, -0.05) is 0 Å². The largest absolute Gasteiger partial charge is 0.461 e. The Hall–Kier alpha value is -1.59. The van der Waals surface area contributed by atoms with Gasteiger partial charge in [-0.2, -0.15) is 15.0 Å². The van der Waals surface area contributed by atoms with Gasteiger partial charge in [0, 0.05) is 13.1 Å². The number of ether oxygens (including phenoxy) is 1. The quantitative estimate of drug-likeness (QED) is 0.825. The predicted octanol–water partition coefficient (Wildman–Crippen LogP) is 1.48. The van der Waals surface area contributed by atoms with E-state index in [0.29, 0.717) is 12.0 Å². The smallest absolute Gasteiger partial charge is 0.323 e. The molecule has 1 fully saturated rings. The normalized spacial score (nSPS) is 14.9. The van der Waals surface area contributed by atoms with Crippen LogP contribution >= 0.6 is 0 Å². The zero-order valence-corrected chi connectivity index (χ0v) is 11.3. The van der Waals surface area contributed by atoms with Gasteiger partial charge in [0.05, 0.1) is 6.10 Å². The highest BCUT2D eigenvalue weighted by atomic mass is 16.5. The standard InChI is InChI=1S/C12H21N5O/c1-4-17(7-9-5-6-9)11-14-10(13)15-12(16-11)18-8(2)3/h8-9H,4-7H2,1-3H3,(H2,13,14,15,16). The first kappa shape index (κ1) is 12.9. The fourth-order valence-electron chi connectivity index (χ4n) is 1.73. The second-order valence-corrected chi connectivity index (χ2v) is 4.92. The average Bonchev–Trinajstić information content (AvgIpc) is 3.07. The minimum Gasteiger partial charge on any atom is -0.461 e. The number of nitrogens with zero attached hydrogens (tertiary/aromatic N) is 4. The molecule has 6 nitrogen and oxygen atoms in total. The van der Waals surface area contributed by atoms with Gasteiger partial charge in [0.1, 0.15) is 0 Å². The molecule has 0 aromatic carbocycles. The number of rotatable bonds is 6. The van der Waals surface area contributed by atoms with E-state index in [2.05, 4.69) is 26.8 Å². The topological polar surface area (TPSA) is 77.2 Å². The van der Waals surface area contributed by atoms with Gasteiger partial charge in [-0.05, 0) is 39.5 Å². The molecule has 100 valence electrons. The second-order valence-electron chi connectivity index (χ2n) is 4.92. The first-order valence-corrected chi connectivity index (χ1v) is 6.51. The average molecular weight is 251 g/mol. The Bertz CT molecular complexity index is 405. The van der Waals surface area contributed by atoms with E-state index in [0.717, 1.165) is 19.0 Å². The fourth-order valence-corrected chi connectivity index (χ4v) is 1.73. The number of hydrogen-bond acceptors (Lipinski definition) is 6. The minimum atomic E-state index is 0.0261. The van der Waals surface area contributed by atoms with Crippen molar-refractivity contribution in [1.29, 1.82) is 0 Å². The third kappa shape index (κ3) is 3.45. The van der Waals surface area contributed by atoms with Crippen LogP contribution in [0.15, 0.2) is 0 Å². The molecule has 0 atom stereocenters.